The number of hydrogen-bond donors (Lipinski definition) is 1. The molecule has 1 aromatic heterocycles. The Kier molecular flexibility index (Phi) is 8.38. The van der Waals surface area contributed by atoms with Gasteiger partial charge in [-0.2, -0.15) is 0 Å². The summed E-state index contributed by atoms with van der Waals surface area (Å²) in [6.45, 7) is 7.30. The number of benzene rings is 3. The van der Waals surface area contributed by atoms with Gasteiger partial charge in [0, 0.05) is 89.6 Å². The summed E-state index contributed by atoms with van der Waals surface area (Å²) in [5, 5.41) is 2.74. The molecule has 0 amide bonds. The number of methoxy groups -OCH3 is 1. The lowest BCUT2D eigenvalue weighted by Gasteiger charge is -2.35. The SMILES string of the molecule is COc1ccccc1-c1cn(CCCN)c2ccc(CN3CCN(Cc4c(Cl)cccc4Cl)CC3)cc12. The Bertz CT molecular complexity index is 1340. The van der Waals surface area contributed by atoms with Gasteiger partial charge in [0.25, 0.3) is 0 Å². The Morgan fingerprint density at radius 3 is 2.24 bits per heavy atom. The summed E-state index contributed by atoms with van der Waals surface area (Å²) < 4.78 is 8.03. The fourth-order valence-electron chi connectivity index (χ4n) is 5.24. The van der Waals surface area contributed by atoms with E-state index in [1.165, 1.54) is 22.0 Å². The maximum Gasteiger partial charge on any atom is 0.126 e. The molecule has 3 aromatic carbocycles. The zero-order valence-corrected chi connectivity index (χ0v) is 22.8. The lowest BCUT2D eigenvalue weighted by atomic mass is 10.0. The van der Waals surface area contributed by atoms with E-state index in [4.69, 9.17) is 33.7 Å². The predicted octanol–water partition coefficient (Wildman–Crippen LogP) is 6.29. The highest BCUT2D eigenvalue weighted by Crippen LogP contribution is 2.37. The molecule has 0 saturated carbocycles. The van der Waals surface area contributed by atoms with E-state index in [1.54, 1.807) is 7.11 Å². The van der Waals surface area contributed by atoms with E-state index >= 15 is 0 Å². The van der Waals surface area contributed by atoms with Crippen LogP contribution < -0.4 is 10.5 Å². The molecule has 1 fully saturated rings. The van der Waals surface area contributed by atoms with Crippen molar-refractivity contribution < 1.29 is 4.74 Å². The molecule has 4 aromatic rings. The van der Waals surface area contributed by atoms with Crippen molar-refractivity contribution in [3.8, 4) is 16.9 Å². The summed E-state index contributed by atoms with van der Waals surface area (Å²) in [7, 11) is 1.73. The van der Waals surface area contributed by atoms with Crippen molar-refractivity contribution in [2.24, 2.45) is 5.73 Å². The van der Waals surface area contributed by atoms with Gasteiger partial charge in [-0.05, 0) is 48.9 Å². The van der Waals surface area contributed by atoms with Crippen molar-refractivity contribution in [1.82, 2.24) is 14.4 Å². The molecule has 7 heteroatoms. The predicted molar refractivity (Wildman–Crippen MR) is 155 cm³/mol. The number of para-hydroxylation sites is 1. The summed E-state index contributed by atoms with van der Waals surface area (Å²) in [5.74, 6) is 0.889. The summed E-state index contributed by atoms with van der Waals surface area (Å²) >= 11 is 12.8. The molecule has 5 nitrogen and oxygen atoms in total. The molecular weight excluding hydrogens is 503 g/mol. The van der Waals surface area contributed by atoms with E-state index in [0.717, 1.165) is 79.2 Å². The Morgan fingerprint density at radius 2 is 1.54 bits per heavy atom. The molecule has 0 aliphatic carbocycles. The van der Waals surface area contributed by atoms with Crippen molar-refractivity contribution in [2.45, 2.75) is 26.1 Å². The molecule has 1 aliphatic rings. The van der Waals surface area contributed by atoms with Gasteiger partial charge >= 0.3 is 0 Å². The number of hydrogen-bond acceptors (Lipinski definition) is 4. The van der Waals surface area contributed by atoms with E-state index in [1.807, 2.05) is 30.3 Å². The van der Waals surface area contributed by atoms with E-state index in [2.05, 4.69) is 50.9 Å². The minimum absolute atomic E-state index is 0.677. The fraction of sp³-hybridized carbons (Fsp3) is 0.333. The highest BCUT2D eigenvalue weighted by molar-refractivity contribution is 6.35. The zero-order valence-electron chi connectivity index (χ0n) is 21.3. The number of ether oxygens (including phenoxy) is 1. The first-order valence-corrected chi connectivity index (χ1v) is 13.7. The molecule has 0 radical (unpaired) electrons. The number of piperazine rings is 1. The van der Waals surface area contributed by atoms with Crippen LogP contribution in [0.15, 0.2) is 66.9 Å². The number of rotatable bonds is 9. The van der Waals surface area contributed by atoms with Crippen molar-refractivity contribution >= 4 is 34.1 Å². The lowest BCUT2D eigenvalue weighted by Crippen LogP contribution is -2.45. The average molecular weight is 538 g/mol. The van der Waals surface area contributed by atoms with Gasteiger partial charge in [0.05, 0.1) is 7.11 Å². The van der Waals surface area contributed by atoms with Crippen molar-refractivity contribution in [3.63, 3.8) is 0 Å². The third-order valence-electron chi connectivity index (χ3n) is 7.26. The van der Waals surface area contributed by atoms with Gasteiger partial charge in [0.1, 0.15) is 5.75 Å². The molecule has 2 heterocycles. The van der Waals surface area contributed by atoms with Gasteiger partial charge in [-0.3, -0.25) is 9.80 Å². The van der Waals surface area contributed by atoms with Gasteiger partial charge < -0.3 is 15.0 Å². The first-order valence-electron chi connectivity index (χ1n) is 12.9. The van der Waals surface area contributed by atoms with Crippen molar-refractivity contribution in [1.29, 1.82) is 0 Å². The Morgan fingerprint density at radius 1 is 0.838 bits per heavy atom. The topological polar surface area (TPSA) is 46.7 Å². The molecule has 0 unspecified atom stereocenters. The van der Waals surface area contributed by atoms with Crippen molar-refractivity contribution in [3.05, 3.63) is 88.0 Å². The highest BCUT2D eigenvalue weighted by atomic mass is 35.5. The second-order valence-corrected chi connectivity index (χ2v) is 10.5. The number of nitrogens with zero attached hydrogens (tertiary/aromatic N) is 3. The van der Waals surface area contributed by atoms with Crippen molar-refractivity contribution in [2.75, 3.05) is 39.8 Å². The third kappa shape index (κ3) is 5.82. The number of aromatic nitrogens is 1. The van der Waals surface area contributed by atoms with Crippen LogP contribution in [0.25, 0.3) is 22.0 Å². The monoisotopic (exact) mass is 536 g/mol. The Labute approximate surface area is 229 Å². The molecule has 1 aliphatic heterocycles. The van der Waals surface area contributed by atoms with E-state index < -0.39 is 0 Å². The quantitative estimate of drug-likeness (QED) is 0.273. The van der Waals surface area contributed by atoms with Gasteiger partial charge in [-0.25, -0.2) is 0 Å². The number of halogens is 2. The second-order valence-electron chi connectivity index (χ2n) is 9.68. The zero-order chi connectivity index (χ0) is 25.8. The molecular formula is C30H34Cl2N4O. The molecule has 5 rings (SSSR count). The van der Waals surface area contributed by atoms with Crippen LogP contribution in [-0.2, 0) is 19.6 Å². The van der Waals surface area contributed by atoms with Gasteiger partial charge in [-0.1, -0.05) is 53.5 Å². The van der Waals surface area contributed by atoms with Crippen LogP contribution in [-0.4, -0.2) is 54.2 Å². The van der Waals surface area contributed by atoms with Crippen LogP contribution >= 0.6 is 23.2 Å². The fourth-order valence-corrected chi connectivity index (χ4v) is 5.76. The van der Waals surface area contributed by atoms with Crippen LogP contribution in [0.4, 0.5) is 0 Å². The maximum atomic E-state index is 6.40. The number of fused-ring (bicyclic) bond motifs is 1. The Hall–Kier alpha value is -2.54. The molecule has 1 saturated heterocycles. The summed E-state index contributed by atoms with van der Waals surface area (Å²) in [6.07, 6.45) is 3.20. The standard InChI is InChI=1S/C30H34Cl2N4O/c1-37-30-9-3-2-6-23(30)25-21-36(13-5-12-33)29-11-10-22(18-24(25)29)19-34-14-16-35(17-15-34)20-26-27(31)7-4-8-28(26)32/h2-4,6-11,18,21H,5,12-17,19-20,33H2,1H3. The van der Waals surface area contributed by atoms with Crippen LogP contribution in [0, 0.1) is 0 Å². The largest absolute Gasteiger partial charge is 0.496 e. The Balaban J connectivity index is 1.34. The summed E-state index contributed by atoms with van der Waals surface area (Å²) in [4.78, 5) is 4.96. The molecule has 0 bridgehead atoms. The van der Waals surface area contributed by atoms with Crippen LogP contribution in [0.5, 0.6) is 5.75 Å². The van der Waals surface area contributed by atoms with Gasteiger partial charge in [0.2, 0.25) is 0 Å². The smallest absolute Gasteiger partial charge is 0.126 e. The first-order chi connectivity index (χ1) is 18.1. The third-order valence-corrected chi connectivity index (χ3v) is 7.97. The minimum Gasteiger partial charge on any atom is -0.496 e. The van der Waals surface area contributed by atoms with E-state index in [9.17, 15) is 0 Å². The highest BCUT2D eigenvalue weighted by Gasteiger charge is 2.20. The summed E-state index contributed by atoms with van der Waals surface area (Å²) in [6, 6.07) is 20.9. The van der Waals surface area contributed by atoms with E-state index in [0.29, 0.717) is 6.54 Å². The van der Waals surface area contributed by atoms with Crippen LogP contribution in [0.3, 0.4) is 0 Å². The second kappa shape index (κ2) is 11.9. The van der Waals surface area contributed by atoms with E-state index in [-0.39, 0.29) is 0 Å². The molecule has 0 atom stereocenters. The maximum absolute atomic E-state index is 6.40. The lowest BCUT2D eigenvalue weighted by molar-refractivity contribution is 0.122. The average Bonchev–Trinajstić information content (AvgIpc) is 3.28. The summed E-state index contributed by atoms with van der Waals surface area (Å²) in [5.41, 5.74) is 11.7. The molecule has 194 valence electrons. The van der Waals surface area contributed by atoms with Gasteiger partial charge in [0.15, 0.2) is 0 Å². The minimum atomic E-state index is 0.677. The molecule has 37 heavy (non-hydrogen) atoms. The van der Waals surface area contributed by atoms with Crippen LogP contribution in [0.2, 0.25) is 10.0 Å². The number of aryl methyl sites for hydroxylation is 1. The van der Waals surface area contributed by atoms with Crippen LogP contribution in [0.1, 0.15) is 17.5 Å². The first kappa shape index (κ1) is 26.1. The molecule has 0 spiro atoms. The van der Waals surface area contributed by atoms with Gasteiger partial charge in [-0.15, -0.1) is 0 Å². The number of nitrogens with two attached hydrogens (primary N) is 1. The normalized spacial score (nSPS) is 14.9. The molecule has 2 N–H and O–H groups in total.